The Kier molecular flexibility index (Phi) is 8.57. The number of hydrogen-bond acceptors (Lipinski definition) is 3. The van der Waals surface area contributed by atoms with Gasteiger partial charge in [0.1, 0.15) is 5.60 Å². The van der Waals surface area contributed by atoms with Crippen LogP contribution in [0.4, 0.5) is 4.79 Å². The van der Waals surface area contributed by atoms with Gasteiger partial charge in [0.05, 0.1) is 5.92 Å². The first kappa shape index (κ1) is 20.8. The maximum absolute atomic E-state index is 12.3. The standard InChI is InChI=1S/C19H35NO4/c1-5-6-7-8-9-10-11-15-12-16(17(21)22)14-20(13-15)18(23)24-19(2,3)4/h15-16H,5-14H2,1-4H3,(H,21,22)/t15?,16-/m0/s1. The molecule has 1 amide bonds. The number of rotatable bonds is 8. The van der Waals surface area contributed by atoms with Gasteiger partial charge in [-0.3, -0.25) is 4.79 Å². The molecule has 1 fully saturated rings. The number of unbranched alkanes of at least 4 members (excludes halogenated alkanes) is 5. The first-order chi connectivity index (χ1) is 11.2. The molecule has 0 aromatic heterocycles. The van der Waals surface area contributed by atoms with E-state index in [1.54, 1.807) is 4.90 Å². The van der Waals surface area contributed by atoms with Crippen LogP contribution in [0.15, 0.2) is 0 Å². The Morgan fingerprint density at radius 1 is 1.08 bits per heavy atom. The second kappa shape index (κ2) is 9.90. The van der Waals surface area contributed by atoms with Crippen molar-refractivity contribution >= 4 is 12.1 Å². The zero-order valence-electron chi connectivity index (χ0n) is 15.8. The van der Waals surface area contributed by atoms with Crippen LogP contribution in [-0.2, 0) is 9.53 Å². The Balaban J connectivity index is 2.50. The van der Waals surface area contributed by atoms with Crippen molar-refractivity contribution in [1.82, 2.24) is 4.90 Å². The predicted molar refractivity (Wildman–Crippen MR) is 95.0 cm³/mol. The lowest BCUT2D eigenvalue weighted by Crippen LogP contribution is -2.47. The summed E-state index contributed by atoms with van der Waals surface area (Å²) in [5.41, 5.74) is -0.554. The summed E-state index contributed by atoms with van der Waals surface area (Å²) in [4.78, 5) is 25.3. The van der Waals surface area contributed by atoms with Crippen molar-refractivity contribution < 1.29 is 19.4 Å². The van der Waals surface area contributed by atoms with Gasteiger partial charge in [-0.05, 0) is 39.5 Å². The largest absolute Gasteiger partial charge is 0.481 e. The van der Waals surface area contributed by atoms with Gasteiger partial charge in [-0.2, -0.15) is 0 Å². The van der Waals surface area contributed by atoms with Gasteiger partial charge in [-0.25, -0.2) is 4.79 Å². The molecule has 1 aliphatic heterocycles. The first-order valence-corrected chi connectivity index (χ1v) is 9.43. The third-order valence-corrected chi connectivity index (χ3v) is 4.50. The summed E-state index contributed by atoms with van der Waals surface area (Å²) in [5.74, 6) is -1.02. The summed E-state index contributed by atoms with van der Waals surface area (Å²) in [6.07, 6.45) is 8.65. The Labute approximate surface area is 146 Å². The van der Waals surface area contributed by atoms with Crippen molar-refractivity contribution in [3.63, 3.8) is 0 Å². The van der Waals surface area contributed by atoms with Crippen LogP contribution in [0.5, 0.6) is 0 Å². The highest BCUT2D eigenvalue weighted by atomic mass is 16.6. The smallest absolute Gasteiger partial charge is 0.410 e. The first-order valence-electron chi connectivity index (χ1n) is 9.43. The number of nitrogens with zero attached hydrogens (tertiary/aromatic N) is 1. The van der Waals surface area contributed by atoms with E-state index in [4.69, 9.17) is 4.74 Å². The average molecular weight is 341 g/mol. The quantitative estimate of drug-likeness (QED) is 0.650. The summed E-state index contributed by atoms with van der Waals surface area (Å²) in [6, 6.07) is 0. The summed E-state index contributed by atoms with van der Waals surface area (Å²) >= 11 is 0. The van der Waals surface area contributed by atoms with Gasteiger partial charge in [0, 0.05) is 13.1 Å². The number of amides is 1. The van der Waals surface area contributed by atoms with E-state index >= 15 is 0 Å². The number of carbonyl (C=O) groups excluding carboxylic acids is 1. The highest BCUT2D eigenvalue weighted by Crippen LogP contribution is 2.28. The zero-order chi connectivity index (χ0) is 18.2. The number of piperidine rings is 1. The second-order valence-corrected chi connectivity index (χ2v) is 8.08. The molecule has 0 aromatic carbocycles. The van der Waals surface area contributed by atoms with Crippen LogP contribution < -0.4 is 0 Å². The van der Waals surface area contributed by atoms with Crippen LogP contribution >= 0.6 is 0 Å². The fourth-order valence-electron chi connectivity index (χ4n) is 3.28. The lowest BCUT2D eigenvalue weighted by molar-refractivity contribution is -0.144. The molecule has 0 bridgehead atoms. The minimum atomic E-state index is -0.809. The highest BCUT2D eigenvalue weighted by Gasteiger charge is 2.35. The summed E-state index contributed by atoms with van der Waals surface area (Å²) in [6.45, 7) is 8.58. The molecule has 0 saturated carbocycles. The van der Waals surface area contributed by atoms with Crippen molar-refractivity contribution in [3.05, 3.63) is 0 Å². The minimum Gasteiger partial charge on any atom is -0.481 e. The van der Waals surface area contributed by atoms with Gasteiger partial charge >= 0.3 is 12.1 Å². The number of likely N-dealkylation sites (tertiary alicyclic amines) is 1. The third kappa shape index (κ3) is 8.02. The van der Waals surface area contributed by atoms with Gasteiger partial charge in [-0.15, -0.1) is 0 Å². The molecule has 0 aromatic rings. The number of carboxylic acid groups (broad SMARTS) is 1. The maximum atomic E-state index is 12.3. The van der Waals surface area contributed by atoms with E-state index in [0.717, 1.165) is 12.8 Å². The van der Waals surface area contributed by atoms with Crippen LogP contribution in [0.1, 0.15) is 79.1 Å². The number of carbonyl (C=O) groups is 2. The Morgan fingerprint density at radius 3 is 2.29 bits per heavy atom. The van der Waals surface area contributed by atoms with E-state index < -0.39 is 17.5 Å². The Hall–Kier alpha value is -1.26. The normalized spacial score (nSPS) is 21.6. The molecule has 24 heavy (non-hydrogen) atoms. The fourth-order valence-corrected chi connectivity index (χ4v) is 3.28. The van der Waals surface area contributed by atoms with Crippen LogP contribution in [-0.4, -0.2) is 40.8 Å². The number of hydrogen-bond donors (Lipinski definition) is 1. The SMILES string of the molecule is CCCCCCCCC1C[C@H](C(=O)O)CN(C(=O)OC(C)(C)C)C1. The van der Waals surface area contributed by atoms with E-state index in [0.29, 0.717) is 13.0 Å². The van der Waals surface area contributed by atoms with Gasteiger partial charge in [-0.1, -0.05) is 45.4 Å². The molecule has 0 aliphatic carbocycles. The number of aliphatic carboxylic acids is 1. The van der Waals surface area contributed by atoms with Crippen LogP contribution in [0.3, 0.4) is 0 Å². The molecule has 0 spiro atoms. The summed E-state index contributed by atoms with van der Waals surface area (Å²) in [7, 11) is 0. The summed E-state index contributed by atoms with van der Waals surface area (Å²) in [5, 5.41) is 9.38. The molecular weight excluding hydrogens is 306 g/mol. The van der Waals surface area contributed by atoms with Crippen LogP contribution in [0, 0.1) is 11.8 Å². The molecule has 1 saturated heterocycles. The van der Waals surface area contributed by atoms with E-state index in [1.807, 2.05) is 20.8 Å². The van der Waals surface area contributed by atoms with Crippen molar-refractivity contribution in [2.24, 2.45) is 11.8 Å². The van der Waals surface area contributed by atoms with E-state index in [-0.39, 0.29) is 18.6 Å². The van der Waals surface area contributed by atoms with Gasteiger partial charge < -0.3 is 14.7 Å². The van der Waals surface area contributed by atoms with Crippen LogP contribution in [0.25, 0.3) is 0 Å². The van der Waals surface area contributed by atoms with Gasteiger partial charge in [0.15, 0.2) is 0 Å². The lowest BCUT2D eigenvalue weighted by atomic mass is 9.86. The van der Waals surface area contributed by atoms with E-state index in [1.165, 1.54) is 32.1 Å². The fraction of sp³-hybridized carbons (Fsp3) is 0.895. The van der Waals surface area contributed by atoms with Crippen molar-refractivity contribution in [1.29, 1.82) is 0 Å². The molecule has 0 radical (unpaired) electrons. The number of carboxylic acids is 1. The molecule has 5 heteroatoms. The molecule has 1 aliphatic rings. The molecular formula is C19H35NO4. The van der Waals surface area contributed by atoms with Gasteiger partial charge in [0.2, 0.25) is 0 Å². The molecule has 1 heterocycles. The van der Waals surface area contributed by atoms with Crippen molar-refractivity contribution in [2.45, 2.75) is 84.7 Å². The highest BCUT2D eigenvalue weighted by molar-refractivity contribution is 5.73. The average Bonchev–Trinajstić information content (AvgIpc) is 2.48. The molecule has 1 unspecified atom stereocenters. The van der Waals surface area contributed by atoms with E-state index in [9.17, 15) is 14.7 Å². The monoisotopic (exact) mass is 341 g/mol. The molecule has 5 nitrogen and oxygen atoms in total. The second-order valence-electron chi connectivity index (χ2n) is 8.08. The Bertz CT molecular complexity index is 403. The van der Waals surface area contributed by atoms with Gasteiger partial charge in [0.25, 0.3) is 0 Å². The van der Waals surface area contributed by atoms with Crippen LogP contribution in [0.2, 0.25) is 0 Å². The molecule has 1 rings (SSSR count). The zero-order valence-corrected chi connectivity index (χ0v) is 15.8. The van der Waals surface area contributed by atoms with Crippen molar-refractivity contribution in [3.8, 4) is 0 Å². The molecule has 140 valence electrons. The number of ether oxygens (including phenoxy) is 1. The van der Waals surface area contributed by atoms with Crippen molar-refractivity contribution in [2.75, 3.05) is 13.1 Å². The lowest BCUT2D eigenvalue weighted by Gasteiger charge is -2.37. The summed E-state index contributed by atoms with van der Waals surface area (Å²) < 4.78 is 5.42. The predicted octanol–water partition coefficient (Wildman–Crippen LogP) is 4.69. The molecule has 1 N–H and O–H groups in total. The Morgan fingerprint density at radius 2 is 1.71 bits per heavy atom. The maximum Gasteiger partial charge on any atom is 0.410 e. The third-order valence-electron chi connectivity index (χ3n) is 4.50. The molecule has 2 atom stereocenters. The topological polar surface area (TPSA) is 66.8 Å². The van der Waals surface area contributed by atoms with E-state index in [2.05, 4.69) is 6.92 Å². The minimum absolute atomic E-state index is 0.261.